The third kappa shape index (κ3) is 8.85. The fraction of sp³-hybridized carbons (Fsp3) is 1.00. The molecule has 0 radical (unpaired) electrons. The summed E-state index contributed by atoms with van der Waals surface area (Å²) in [5.74, 6) is 1.61. The Balaban J connectivity index is 3.55. The molecule has 0 heterocycles. The summed E-state index contributed by atoms with van der Waals surface area (Å²) in [6.07, 6.45) is 2.89. The third-order valence-electron chi connectivity index (χ3n) is 1.68. The zero-order valence-corrected chi connectivity index (χ0v) is 9.97. The molecule has 0 aliphatic carbocycles. The summed E-state index contributed by atoms with van der Waals surface area (Å²) in [5.41, 5.74) is 0. The number of hydrogen-bond acceptors (Lipinski definition) is 2. The molecular weight excluding hydrogens is 231 g/mol. The maximum Gasteiger partial charge on any atom is 0.150 e. The smallest absolute Gasteiger partial charge is 0.150 e. The average molecular weight is 247 g/mol. The topological polar surface area (TPSA) is 34.1 Å². The van der Waals surface area contributed by atoms with Crippen molar-refractivity contribution in [3.63, 3.8) is 0 Å². The molecule has 80 valence electrons. The number of unbranched alkanes of at least 4 members (excludes halogenated alkanes) is 2. The summed E-state index contributed by atoms with van der Waals surface area (Å²) in [6.45, 7) is 0. The van der Waals surface area contributed by atoms with Crippen LogP contribution in [0.3, 0.4) is 0 Å². The van der Waals surface area contributed by atoms with Gasteiger partial charge in [0.05, 0.1) is 11.5 Å². The molecule has 0 atom stereocenters. The Morgan fingerprint density at radius 2 is 1.15 bits per heavy atom. The molecule has 13 heavy (non-hydrogen) atoms. The van der Waals surface area contributed by atoms with Crippen molar-refractivity contribution < 1.29 is 8.42 Å². The van der Waals surface area contributed by atoms with E-state index in [4.69, 9.17) is 23.2 Å². The minimum Gasteiger partial charge on any atom is -0.229 e. The summed E-state index contributed by atoms with van der Waals surface area (Å²) in [4.78, 5) is 0. The van der Waals surface area contributed by atoms with Crippen LogP contribution in [0.2, 0.25) is 0 Å². The van der Waals surface area contributed by atoms with Crippen molar-refractivity contribution in [2.75, 3.05) is 23.3 Å². The van der Waals surface area contributed by atoms with E-state index in [0.717, 1.165) is 12.8 Å². The Morgan fingerprint density at radius 3 is 1.46 bits per heavy atom. The number of rotatable bonds is 8. The van der Waals surface area contributed by atoms with Crippen LogP contribution in [0.5, 0.6) is 0 Å². The van der Waals surface area contributed by atoms with Crippen molar-refractivity contribution in [3.8, 4) is 0 Å². The highest BCUT2D eigenvalue weighted by atomic mass is 35.5. The highest BCUT2D eigenvalue weighted by Crippen LogP contribution is 2.03. The van der Waals surface area contributed by atoms with Crippen molar-refractivity contribution in [3.05, 3.63) is 0 Å². The van der Waals surface area contributed by atoms with Crippen LogP contribution in [0, 0.1) is 0 Å². The second kappa shape index (κ2) is 7.89. The van der Waals surface area contributed by atoms with E-state index in [1.54, 1.807) is 0 Å². The van der Waals surface area contributed by atoms with E-state index >= 15 is 0 Å². The van der Waals surface area contributed by atoms with Gasteiger partial charge in [-0.25, -0.2) is 8.42 Å². The van der Waals surface area contributed by atoms with Crippen LogP contribution in [-0.2, 0) is 9.84 Å². The molecular formula is C8H16Cl2O2S. The zero-order chi connectivity index (χ0) is 10.2. The van der Waals surface area contributed by atoms with Crippen LogP contribution in [-0.4, -0.2) is 31.7 Å². The van der Waals surface area contributed by atoms with Gasteiger partial charge in [-0.15, -0.1) is 23.2 Å². The summed E-state index contributed by atoms with van der Waals surface area (Å²) in [6, 6.07) is 0. The van der Waals surface area contributed by atoms with E-state index in [1.807, 2.05) is 0 Å². The SMILES string of the molecule is O=S(=O)(CCCCCl)CCCCCl. The van der Waals surface area contributed by atoms with Crippen LogP contribution in [0.4, 0.5) is 0 Å². The van der Waals surface area contributed by atoms with Gasteiger partial charge in [-0.2, -0.15) is 0 Å². The highest BCUT2D eigenvalue weighted by Gasteiger charge is 2.08. The van der Waals surface area contributed by atoms with Gasteiger partial charge in [-0.1, -0.05) is 0 Å². The monoisotopic (exact) mass is 246 g/mol. The predicted molar refractivity (Wildman–Crippen MR) is 58.6 cm³/mol. The first kappa shape index (κ1) is 13.5. The Hall–Kier alpha value is 0.530. The van der Waals surface area contributed by atoms with Crippen molar-refractivity contribution in [2.24, 2.45) is 0 Å². The van der Waals surface area contributed by atoms with Gasteiger partial charge in [-0.3, -0.25) is 0 Å². The van der Waals surface area contributed by atoms with Crippen molar-refractivity contribution in [1.82, 2.24) is 0 Å². The molecule has 0 amide bonds. The van der Waals surface area contributed by atoms with Crippen molar-refractivity contribution in [2.45, 2.75) is 25.7 Å². The molecule has 0 saturated carbocycles. The Kier molecular flexibility index (Phi) is 8.21. The highest BCUT2D eigenvalue weighted by molar-refractivity contribution is 7.91. The normalized spacial score (nSPS) is 11.8. The second-order valence-electron chi connectivity index (χ2n) is 2.94. The molecule has 0 spiro atoms. The van der Waals surface area contributed by atoms with Gasteiger partial charge in [0.25, 0.3) is 0 Å². The second-order valence-corrected chi connectivity index (χ2v) is 6.00. The summed E-state index contributed by atoms with van der Waals surface area (Å²) < 4.78 is 22.6. The van der Waals surface area contributed by atoms with Gasteiger partial charge >= 0.3 is 0 Å². The van der Waals surface area contributed by atoms with Gasteiger partial charge in [0.2, 0.25) is 0 Å². The van der Waals surface area contributed by atoms with Crippen molar-refractivity contribution in [1.29, 1.82) is 0 Å². The van der Waals surface area contributed by atoms with Crippen LogP contribution in [0.15, 0.2) is 0 Å². The summed E-state index contributed by atoms with van der Waals surface area (Å²) >= 11 is 10.9. The lowest BCUT2D eigenvalue weighted by atomic mass is 10.4. The summed E-state index contributed by atoms with van der Waals surface area (Å²) in [7, 11) is -2.84. The first-order valence-corrected chi connectivity index (χ1v) is 7.34. The van der Waals surface area contributed by atoms with Gasteiger partial charge in [0.15, 0.2) is 0 Å². The fourth-order valence-corrected chi connectivity index (χ4v) is 2.80. The minimum absolute atomic E-state index is 0.266. The number of alkyl halides is 2. The molecule has 5 heteroatoms. The van der Waals surface area contributed by atoms with Gasteiger partial charge in [0.1, 0.15) is 9.84 Å². The van der Waals surface area contributed by atoms with Gasteiger partial charge < -0.3 is 0 Å². The van der Waals surface area contributed by atoms with Crippen LogP contribution < -0.4 is 0 Å². The minimum atomic E-state index is -2.84. The molecule has 0 aromatic rings. The lowest BCUT2D eigenvalue weighted by molar-refractivity contribution is 0.589. The quantitative estimate of drug-likeness (QED) is 0.487. The van der Waals surface area contributed by atoms with Gasteiger partial charge in [0, 0.05) is 11.8 Å². The van der Waals surface area contributed by atoms with Crippen molar-refractivity contribution >= 4 is 33.0 Å². The zero-order valence-electron chi connectivity index (χ0n) is 7.64. The van der Waals surface area contributed by atoms with E-state index < -0.39 is 9.84 Å². The Morgan fingerprint density at radius 1 is 0.769 bits per heavy atom. The van der Waals surface area contributed by atoms with E-state index in [-0.39, 0.29) is 11.5 Å². The predicted octanol–water partition coefficient (Wildman–Crippen LogP) is 2.44. The third-order valence-corrected chi connectivity index (χ3v) is 4.03. The molecule has 0 fully saturated rings. The molecule has 0 saturated heterocycles. The molecule has 0 aromatic carbocycles. The van der Waals surface area contributed by atoms with E-state index in [1.165, 1.54) is 0 Å². The van der Waals surface area contributed by atoms with E-state index in [2.05, 4.69) is 0 Å². The van der Waals surface area contributed by atoms with Gasteiger partial charge in [-0.05, 0) is 25.7 Å². The molecule has 0 aromatic heterocycles. The maximum atomic E-state index is 11.3. The standard InChI is InChI=1S/C8H16Cl2O2S/c9-5-1-3-7-13(11,12)8-4-2-6-10/h1-8H2. The van der Waals surface area contributed by atoms with Crippen LogP contribution in [0.1, 0.15) is 25.7 Å². The molecule has 0 rings (SSSR count). The Labute approximate surface area is 90.5 Å². The number of sulfone groups is 1. The lowest BCUT2D eigenvalue weighted by Gasteiger charge is -2.01. The molecule has 0 bridgehead atoms. The number of hydrogen-bond donors (Lipinski definition) is 0. The largest absolute Gasteiger partial charge is 0.229 e. The first-order valence-electron chi connectivity index (χ1n) is 4.45. The molecule has 0 aliphatic rings. The first-order chi connectivity index (χ1) is 6.12. The lowest BCUT2D eigenvalue weighted by Crippen LogP contribution is -2.11. The van der Waals surface area contributed by atoms with Crippen LogP contribution >= 0.6 is 23.2 Å². The molecule has 0 unspecified atom stereocenters. The molecule has 0 aliphatic heterocycles. The molecule has 0 N–H and O–H groups in total. The van der Waals surface area contributed by atoms with E-state index in [9.17, 15) is 8.42 Å². The number of halogens is 2. The average Bonchev–Trinajstić information content (AvgIpc) is 2.05. The maximum absolute atomic E-state index is 11.3. The Bertz CT molecular complexity index is 186. The fourth-order valence-electron chi connectivity index (χ4n) is 0.935. The molecule has 2 nitrogen and oxygen atoms in total. The summed E-state index contributed by atoms with van der Waals surface area (Å²) in [5, 5.41) is 0. The van der Waals surface area contributed by atoms with Crippen LogP contribution in [0.25, 0.3) is 0 Å². The van der Waals surface area contributed by atoms with E-state index in [0.29, 0.717) is 24.6 Å².